The maximum Gasteiger partial charge on any atom is 0.251 e. The van der Waals surface area contributed by atoms with Crippen molar-refractivity contribution in [1.29, 1.82) is 0 Å². The Morgan fingerprint density at radius 3 is 2.48 bits per heavy atom. The number of nitrogens with zero attached hydrogens (tertiary/aromatic N) is 1. The number of ether oxygens (including phenoxy) is 2. The number of hydrogen-bond acceptors (Lipinski definition) is 5. The third kappa shape index (κ3) is 4.85. The van der Waals surface area contributed by atoms with Crippen LogP contribution in [0.25, 0.3) is 10.9 Å². The van der Waals surface area contributed by atoms with E-state index in [4.69, 9.17) is 9.47 Å². The van der Waals surface area contributed by atoms with Crippen molar-refractivity contribution in [2.45, 2.75) is 20.4 Å². The molecule has 0 spiro atoms. The zero-order chi connectivity index (χ0) is 23.4. The van der Waals surface area contributed by atoms with Gasteiger partial charge in [-0.05, 0) is 49.7 Å². The minimum atomic E-state index is -0.196. The normalized spacial score (nSPS) is 10.6. The zero-order valence-corrected chi connectivity index (χ0v) is 18.7. The quantitative estimate of drug-likeness (QED) is 0.385. The molecule has 4 aromatic rings. The molecule has 1 aromatic heterocycles. The van der Waals surface area contributed by atoms with Gasteiger partial charge in [0.1, 0.15) is 17.2 Å². The standard InChI is InChI=1S/C27H24N2O4/c1-17-22(27(31)29-16-19-7-9-20(10-8-19)18(2)30)5-4-6-25(17)33-26-13-14-28-24-15-21(32-3)11-12-23(24)26/h4-15H,16H2,1-3H3,(H,29,31). The predicted octanol–water partition coefficient (Wildman–Crippen LogP) is 5.48. The number of amides is 1. The van der Waals surface area contributed by atoms with Crippen molar-refractivity contribution in [2.75, 3.05) is 7.11 Å². The molecular weight excluding hydrogens is 416 g/mol. The summed E-state index contributed by atoms with van der Waals surface area (Å²) >= 11 is 0. The number of carbonyl (C=O) groups is 2. The van der Waals surface area contributed by atoms with Crippen molar-refractivity contribution in [3.05, 3.63) is 95.2 Å². The Morgan fingerprint density at radius 2 is 1.76 bits per heavy atom. The first-order chi connectivity index (χ1) is 16.0. The van der Waals surface area contributed by atoms with Gasteiger partial charge >= 0.3 is 0 Å². The Hall–Kier alpha value is -4.19. The molecule has 0 aliphatic rings. The van der Waals surface area contributed by atoms with Gasteiger partial charge in [-0.15, -0.1) is 0 Å². The molecule has 166 valence electrons. The van der Waals surface area contributed by atoms with E-state index in [0.717, 1.165) is 27.8 Å². The lowest BCUT2D eigenvalue weighted by atomic mass is 10.1. The van der Waals surface area contributed by atoms with Gasteiger partial charge < -0.3 is 14.8 Å². The minimum absolute atomic E-state index is 0.0131. The number of aromatic nitrogens is 1. The van der Waals surface area contributed by atoms with E-state index in [1.54, 1.807) is 43.6 Å². The van der Waals surface area contributed by atoms with Crippen molar-refractivity contribution in [2.24, 2.45) is 0 Å². The Morgan fingerprint density at radius 1 is 0.970 bits per heavy atom. The molecule has 1 amide bonds. The van der Waals surface area contributed by atoms with Gasteiger partial charge in [0, 0.05) is 40.9 Å². The number of methoxy groups -OCH3 is 1. The number of hydrogen-bond donors (Lipinski definition) is 1. The molecule has 0 fully saturated rings. The van der Waals surface area contributed by atoms with E-state index in [9.17, 15) is 9.59 Å². The van der Waals surface area contributed by atoms with E-state index in [0.29, 0.717) is 29.2 Å². The average molecular weight is 440 g/mol. The second-order valence-corrected chi connectivity index (χ2v) is 7.66. The average Bonchev–Trinajstić information content (AvgIpc) is 2.83. The van der Waals surface area contributed by atoms with Gasteiger partial charge in [-0.25, -0.2) is 0 Å². The van der Waals surface area contributed by atoms with Crippen molar-refractivity contribution < 1.29 is 19.1 Å². The molecule has 0 bridgehead atoms. The third-order valence-corrected chi connectivity index (χ3v) is 5.47. The van der Waals surface area contributed by atoms with Crippen LogP contribution in [0.5, 0.6) is 17.2 Å². The second kappa shape index (κ2) is 9.53. The number of carbonyl (C=O) groups excluding carboxylic acids is 2. The molecule has 0 aliphatic carbocycles. The summed E-state index contributed by atoms with van der Waals surface area (Å²) in [5, 5.41) is 3.78. The summed E-state index contributed by atoms with van der Waals surface area (Å²) in [7, 11) is 1.61. The summed E-state index contributed by atoms with van der Waals surface area (Å²) in [5.74, 6) is 1.78. The lowest BCUT2D eigenvalue weighted by Crippen LogP contribution is -2.23. The van der Waals surface area contributed by atoms with Crippen LogP contribution in [-0.4, -0.2) is 23.8 Å². The summed E-state index contributed by atoms with van der Waals surface area (Å²) < 4.78 is 11.5. The zero-order valence-electron chi connectivity index (χ0n) is 18.7. The summed E-state index contributed by atoms with van der Waals surface area (Å²) in [4.78, 5) is 28.7. The van der Waals surface area contributed by atoms with Gasteiger partial charge in [0.15, 0.2) is 5.78 Å². The number of fused-ring (bicyclic) bond motifs is 1. The predicted molar refractivity (Wildman–Crippen MR) is 127 cm³/mol. The largest absolute Gasteiger partial charge is 0.497 e. The van der Waals surface area contributed by atoms with Crippen LogP contribution in [0.3, 0.4) is 0 Å². The molecule has 0 atom stereocenters. The molecule has 0 unspecified atom stereocenters. The van der Waals surface area contributed by atoms with Crippen molar-refractivity contribution >= 4 is 22.6 Å². The van der Waals surface area contributed by atoms with E-state index in [1.165, 1.54) is 6.92 Å². The van der Waals surface area contributed by atoms with Crippen LogP contribution in [-0.2, 0) is 6.54 Å². The molecule has 0 saturated heterocycles. The second-order valence-electron chi connectivity index (χ2n) is 7.66. The van der Waals surface area contributed by atoms with E-state index >= 15 is 0 Å². The van der Waals surface area contributed by atoms with Gasteiger partial charge in [0.05, 0.1) is 12.6 Å². The number of pyridine rings is 1. The van der Waals surface area contributed by atoms with Crippen molar-refractivity contribution in [3.63, 3.8) is 0 Å². The fourth-order valence-corrected chi connectivity index (χ4v) is 3.54. The van der Waals surface area contributed by atoms with Crippen LogP contribution >= 0.6 is 0 Å². The van der Waals surface area contributed by atoms with E-state index in [2.05, 4.69) is 10.3 Å². The van der Waals surface area contributed by atoms with Gasteiger partial charge in [-0.1, -0.05) is 30.3 Å². The highest BCUT2D eigenvalue weighted by atomic mass is 16.5. The highest BCUT2D eigenvalue weighted by molar-refractivity contribution is 5.96. The first-order valence-corrected chi connectivity index (χ1v) is 10.5. The van der Waals surface area contributed by atoms with Crippen molar-refractivity contribution in [3.8, 4) is 17.2 Å². The van der Waals surface area contributed by atoms with E-state index in [-0.39, 0.29) is 11.7 Å². The van der Waals surface area contributed by atoms with Crippen molar-refractivity contribution in [1.82, 2.24) is 10.3 Å². The molecule has 0 saturated carbocycles. The smallest absolute Gasteiger partial charge is 0.251 e. The Bertz CT molecular complexity index is 1330. The fourth-order valence-electron chi connectivity index (χ4n) is 3.54. The molecule has 1 N–H and O–H groups in total. The molecule has 1 heterocycles. The van der Waals surface area contributed by atoms with Crippen LogP contribution in [0.15, 0.2) is 72.9 Å². The lowest BCUT2D eigenvalue weighted by molar-refractivity contribution is 0.0948. The lowest BCUT2D eigenvalue weighted by Gasteiger charge is -2.14. The van der Waals surface area contributed by atoms with E-state index in [1.807, 2.05) is 43.3 Å². The number of nitrogens with one attached hydrogen (secondary N) is 1. The topological polar surface area (TPSA) is 77.5 Å². The fraction of sp³-hybridized carbons (Fsp3) is 0.148. The van der Waals surface area contributed by atoms with Crippen LogP contribution in [0.1, 0.15) is 38.8 Å². The molecule has 0 aliphatic heterocycles. The molecular formula is C27H24N2O4. The molecule has 3 aromatic carbocycles. The van der Waals surface area contributed by atoms with Gasteiger partial charge in [0.25, 0.3) is 5.91 Å². The molecule has 0 radical (unpaired) electrons. The van der Waals surface area contributed by atoms with Crippen LogP contribution in [0, 0.1) is 6.92 Å². The van der Waals surface area contributed by atoms with Gasteiger partial charge in [-0.2, -0.15) is 0 Å². The summed E-state index contributed by atoms with van der Waals surface area (Å²) in [6, 6.07) is 20.0. The Balaban J connectivity index is 1.52. The van der Waals surface area contributed by atoms with Crippen LogP contribution in [0.2, 0.25) is 0 Å². The molecule has 33 heavy (non-hydrogen) atoms. The van der Waals surface area contributed by atoms with Gasteiger partial charge in [0.2, 0.25) is 0 Å². The number of rotatable bonds is 7. The number of ketones is 1. The molecule has 4 rings (SSSR count). The van der Waals surface area contributed by atoms with Crippen LogP contribution < -0.4 is 14.8 Å². The summed E-state index contributed by atoms with van der Waals surface area (Å²) in [6.07, 6.45) is 1.68. The van der Waals surface area contributed by atoms with Gasteiger partial charge in [-0.3, -0.25) is 14.6 Å². The maximum atomic E-state index is 12.9. The molecule has 6 nitrogen and oxygen atoms in total. The molecule has 6 heteroatoms. The third-order valence-electron chi connectivity index (χ3n) is 5.47. The van der Waals surface area contributed by atoms with Crippen LogP contribution in [0.4, 0.5) is 0 Å². The SMILES string of the molecule is COc1ccc2c(Oc3cccc(C(=O)NCc4ccc(C(C)=O)cc4)c3C)ccnc2c1. The highest BCUT2D eigenvalue weighted by Crippen LogP contribution is 2.33. The first kappa shape index (κ1) is 22.0. The Kier molecular flexibility index (Phi) is 6.36. The minimum Gasteiger partial charge on any atom is -0.497 e. The summed E-state index contributed by atoms with van der Waals surface area (Å²) in [6.45, 7) is 3.75. The summed E-state index contributed by atoms with van der Waals surface area (Å²) in [5.41, 5.74) is 3.59. The maximum absolute atomic E-state index is 12.9. The highest BCUT2D eigenvalue weighted by Gasteiger charge is 2.14. The monoisotopic (exact) mass is 440 g/mol. The Labute approximate surface area is 192 Å². The first-order valence-electron chi connectivity index (χ1n) is 10.5. The number of Topliss-reactive ketones (excluding diaryl/α,β-unsaturated/α-hetero) is 1. The van der Waals surface area contributed by atoms with E-state index < -0.39 is 0 Å². The number of benzene rings is 3.